The van der Waals surface area contributed by atoms with E-state index in [4.69, 9.17) is 16.3 Å². The molecule has 0 atom stereocenters. The van der Waals surface area contributed by atoms with Crippen molar-refractivity contribution in [2.75, 3.05) is 0 Å². The third kappa shape index (κ3) is 3.46. The fraction of sp³-hybridized carbons (Fsp3) is 0.200. The van der Waals surface area contributed by atoms with E-state index in [1.165, 1.54) is 6.07 Å². The molecule has 1 aromatic carbocycles. The van der Waals surface area contributed by atoms with Crippen molar-refractivity contribution in [2.24, 2.45) is 0 Å². The second-order valence-corrected chi connectivity index (χ2v) is 5.59. The molecule has 0 aliphatic rings. The first-order valence-corrected chi connectivity index (χ1v) is 7.34. The van der Waals surface area contributed by atoms with E-state index in [-0.39, 0.29) is 12.4 Å². The average molecular weight is 309 g/mol. The van der Waals surface area contributed by atoms with Crippen molar-refractivity contribution in [3.05, 3.63) is 56.7 Å². The van der Waals surface area contributed by atoms with Crippen LogP contribution in [0.15, 0.2) is 36.4 Å². The number of hydrogen-bond acceptors (Lipinski definition) is 4. The first-order valence-electron chi connectivity index (χ1n) is 6.15. The smallest absolute Gasteiger partial charge is 0.348 e. The zero-order valence-corrected chi connectivity index (χ0v) is 12.5. The topological polar surface area (TPSA) is 43.4 Å². The Kier molecular flexibility index (Phi) is 4.93. The highest BCUT2D eigenvalue weighted by molar-refractivity contribution is 7.16. The predicted molar refractivity (Wildman–Crippen MR) is 79.5 cm³/mol. The van der Waals surface area contributed by atoms with Gasteiger partial charge in [-0.3, -0.25) is 4.79 Å². The molecular formula is C15H13ClO3S. The Bertz CT molecular complexity index is 619. The van der Waals surface area contributed by atoms with E-state index >= 15 is 0 Å². The summed E-state index contributed by atoms with van der Waals surface area (Å²) < 4.78 is 5.20. The van der Waals surface area contributed by atoms with Crippen LogP contribution in [0, 0.1) is 0 Å². The van der Waals surface area contributed by atoms with Gasteiger partial charge in [-0.1, -0.05) is 48.9 Å². The minimum atomic E-state index is -0.462. The van der Waals surface area contributed by atoms with Crippen LogP contribution in [0.3, 0.4) is 0 Å². The van der Waals surface area contributed by atoms with E-state index in [0.29, 0.717) is 21.2 Å². The number of carbonyl (C=O) groups is 2. The molecule has 20 heavy (non-hydrogen) atoms. The number of hydrogen-bond donors (Lipinski definition) is 0. The molecular weight excluding hydrogens is 296 g/mol. The van der Waals surface area contributed by atoms with Crippen LogP contribution in [-0.4, -0.2) is 11.8 Å². The third-order valence-electron chi connectivity index (χ3n) is 2.68. The number of rotatable bonds is 5. The maximum Gasteiger partial charge on any atom is 0.348 e. The molecule has 0 saturated heterocycles. The monoisotopic (exact) mass is 308 g/mol. The van der Waals surface area contributed by atoms with Crippen LogP contribution in [0.4, 0.5) is 0 Å². The molecule has 0 bridgehead atoms. The number of carbonyl (C=O) groups excluding carboxylic acids is 2. The summed E-state index contributed by atoms with van der Waals surface area (Å²) in [5.74, 6) is -0.530. The number of ketones is 1. The van der Waals surface area contributed by atoms with Crippen LogP contribution < -0.4 is 0 Å². The zero-order valence-electron chi connectivity index (χ0n) is 10.9. The maximum absolute atomic E-state index is 11.9. The van der Waals surface area contributed by atoms with Gasteiger partial charge < -0.3 is 4.74 Å². The summed E-state index contributed by atoms with van der Waals surface area (Å²) >= 11 is 7.04. The van der Waals surface area contributed by atoms with Gasteiger partial charge >= 0.3 is 5.97 Å². The Morgan fingerprint density at radius 1 is 1.25 bits per heavy atom. The van der Waals surface area contributed by atoms with E-state index in [1.54, 1.807) is 6.92 Å². The lowest BCUT2D eigenvalue weighted by molar-refractivity contribution is 0.0478. The van der Waals surface area contributed by atoms with Gasteiger partial charge in [0, 0.05) is 6.42 Å². The second kappa shape index (κ2) is 6.68. The molecule has 0 aliphatic carbocycles. The molecule has 1 heterocycles. The minimum Gasteiger partial charge on any atom is -0.457 e. The normalized spacial score (nSPS) is 10.3. The summed E-state index contributed by atoms with van der Waals surface area (Å²) in [4.78, 5) is 24.3. The van der Waals surface area contributed by atoms with Crippen molar-refractivity contribution >= 4 is 34.7 Å². The molecule has 2 rings (SSSR count). The molecule has 0 aliphatic heterocycles. The SMILES string of the molecule is CCC(=O)c1sc(C(=O)OCc2ccccc2)cc1Cl. The predicted octanol–water partition coefficient (Wildman–Crippen LogP) is 4.35. The summed E-state index contributed by atoms with van der Waals surface area (Å²) in [7, 11) is 0. The van der Waals surface area contributed by atoms with Gasteiger partial charge in [0.2, 0.25) is 0 Å². The van der Waals surface area contributed by atoms with Crippen molar-refractivity contribution in [1.29, 1.82) is 0 Å². The molecule has 0 N–H and O–H groups in total. The van der Waals surface area contributed by atoms with E-state index in [2.05, 4.69) is 0 Å². The molecule has 3 nitrogen and oxygen atoms in total. The Morgan fingerprint density at radius 3 is 2.60 bits per heavy atom. The summed E-state index contributed by atoms with van der Waals surface area (Å²) in [6, 6.07) is 10.9. The molecule has 0 unspecified atom stereocenters. The van der Waals surface area contributed by atoms with Gasteiger partial charge in [0.25, 0.3) is 0 Å². The quantitative estimate of drug-likeness (QED) is 0.609. The van der Waals surface area contributed by atoms with E-state index in [0.717, 1.165) is 16.9 Å². The molecule has 2 aromatic rings. The van der Waals surface area contributed by atoms with Gasteiger partial charge in [-0.15, -0.1) is 11.3 Å². The Hall–Kier alpha value is -1.65. The summed E-state index contributed by atoms with van der Waals surface area (Å²) in [5.41, 5.74) is 0.911. The van der Waals surface area contributed by atoms with Crippen molar-refractivity contribution in [3.63, 3.8) is 0 Å². The Morgan fingerprint density at radius 2 is 1.95 bits per heavy atom. The number of benzene rings is 1. The zero-order chi connectivity index (χ0) is 14.5. The number of thiophene rings is 1. The van der Waals surface area contributed by atoms with Crippen LogP contribution >= 0.6 is 22.9 Å². The third-order valence-corrected chi connectivity index (χ3v) is 4.24. The van der Waals surface area contributed by atoms with Crippen molar-refractivity contribution < 1.29 is 14.3 Å². The summed E-state index contributed by atoms with van der Waals surface area (Å²) in [5, 5.41) is 0.313. The van der Waals surface area contributed by atoms with Crippen LogP contribution in [0.5, 0.6) is 0 Å². The fourth-order valence-corrected chi connectivity index (χ4v) is 2.96. The van der Waals surface area contributed by atoms with Crippen molar-refractivity contribution in [3.8, 4) is 0 Å². The van der Waals surface area contributed by atoms with Gasteiger partial charge in [-0.25, -0.2) is 4.79 Å². The van der Waals surface area contributed by atoms with E-state index in [1.807, 2.05) is 30.3 Å². The maximum atomic E-state index is 11.9. The molecule has 0 amide bonds. The van der Waals surface area contributed by atoms with Crippen LogP contribution in [0.25, 0.3) is 0 Å². The van der Waals surface area contributed by atoms with Gasteiger partial charge in [0.15, 0.2) is 5.78 Å². The minimum absolute atomic E-state index is 0.0675. The van der Waals surface area contributed by atoms with Gasteiger partial charge in [0.1, 0.15) is 11.5 Å². The standard InChI is InChI=1S/C15H13ClO3S/c1-2-12(17)14-11(16)8-13(20-14)15(18)19-9-10-6-4-3-5-7-10/h3-8H,2,9H2,1H3. The van der Waals surface area contributed by atoms with Gasteiger partial charge in [-0.05, 0) is 11.6 Å². The Balaban J connectivity index is 2.05. The van der Waals surface area contributed by atoms with E-state index in [9.17, 15) is 9.59 Å². The lowest BCUT2D eigenvalue weighted by Gasteiger charge is -2.02. The largest absolute Gasteiger partial charge is 0.457 e. The van der Waals surface area contributed by atoms with Gasteiger partial charge in [-0.2, -0.15) is 0 Å². The molecule has 0 saturated carbocycles. The molecule has 104 valence electrons. The summed E-state index contributed by atoms with van der Waals surface area (Å²) in [6.07, 6.45) is 0.360. The Labute approximate surface area is 126 Å². The highest BCUT2D eigenvalue weighted by Crippen LogP contribution is 2.28. The summed E-state index contributed by atoms with van der Waals surface area (Å²) in [6.45, 7) is 1.96. The molecule has 1 aromatic heterocycles. The highest BCUT2D eigenvalue weighted by Gasteiger charge is 2.18. The number of ether oxygens (including phenoxy) is 1. The van der Waals surface area contributed by atoms with Crippen LogP contribution in [0.2, 0.25) is 5.02 Å². The first kappa shape index (κ1) is 14.8. The molecule has 0 spiro atoms. The van der Waals surface area contributed by atoms with Crippen LogP contribution in [-0.2, 0) is 11.3 Å². The highest BCUT2D eigenvalue weighted by atomic mass is 35.5. The number of Topliss-reactive ketones (excluding diaryl/α,β-unsaturated/α-hetero) is 1. The number of halogens is 1. The lowest BCUT2D eigenvalue weighted by atomic mass is 10.2. The number of esters is 1. The lowest BCUT2D eigenvalue weighted by Crippen LogP contribution is -2.02. The molecule has 5 heteroatoms. The van der Waals surface area contributed by atoms with Crippen LogP contribution in [0.1, 0.15) is 38.3 Å². The van der Waals surface area contributed by atoms with E-state index < -0.39 is 5.97 Å². The second-order valence-electron chi connectivity index (χ2n) is 4.13. The average Bonchev–Trinajstić information content (AvgIpc) is 2.87. The van der Waals surface area contributed by atoms with Crippen molar-refractivity contribution in [1.82, 2.24) is 0 Å². The van der Waals surface area contributed by atoms with Gasteiger partial charge in [0.05, 0.1) is 9.90 Å². The van der Waals surface area contributed by atoms with Crippen molar-refractivity contribution in [2.45, 2.75) is 20.0 Å². The molecule has 0 fully saturated rings. The first-order chi connectivity index (χ1) is 9.61. The molecule has 0 radical (unpaired) electrons. The fourth-order valence-electron chi connectivity index (χ4n) is 1.61.